The zero-order chi connectivity index (χ0) is 17.6. The fourth-order valence-corrected chi connectivity index (χ4v) is 4.54. The first kappa shape index (κ1) is 18.3. The minimum absolute atomic E-state index is 0.0392. The average Bonchev–Trinajstić information content (AvgIpc) is 3.15. The first-order valence-electron chi connectivity index (χ1n) is 9.40. The number of thioether (sulfide) groups is 1. The number of likely N-dealkylation sites (tertiary alicyclic amines) is 1. The maximum Gasteiger partial charge on any atom is 0.224 e. The number of hydrogen-bond donors (Lipinski definition) is 1. The van der Waals surface area contributed by atoms with Crippen LogP contribution in [0.3, 0.4) is 0 Å². The minimum Gasteiger partial charge on any atom is -0.355 e. The molecule has 1 aliphatic carbocycles. The molecular formula is C20H28N2O2S. The summed E-state index contributed by atoms with van der Waals surface area (Å²) in [5, 5.41) is 3.06. The number of nitrogens with zero attached hydrogens (tertiary/aromatic N) is 1. The molecule has 1 N–H and O–H groups in total. The topological polar surface area (TPSA) is 49.4 Å². The molecule has 1 aliphatic heterocycles. The van der Waals surface area contributed by atoms with Crippen LogP contribution in [0.4, 0.5) is 0 Å². The van der Waals surface area contributed by atoms with Gasteiger partial charge in [-0.05, 0) is 38.3 Å². The molecule has 1 aromatic rings. The summed E-state index contributed by atoms with van der Waals surface area (Å²) < 4.78 is 0. The van der Waals surface area contributed by atoms with E-state index in [2.05, 4.69) is 36.5 Å². The molecule has 1 heterocycles. The molecule has 1 saturated carbocycles. The van der Waals surface area contributed by atoms with Gasteiger partial charge in [0.15, 0.2) is 0 Å². The van der Waals surface area contributed by atoms with Crippen LogP contribution in [0, 0.1) is 12.8 Å². The van der Waals surface area contributed by atoms with E-state index in [-0.39, 0.29) is 17.7 Å². The number of carbonyl (C=O) groups excluding carboxylic acids is 2. The van der Waals surface area contributed by atoms with Crippen molar-refractivity contribution in [1.29, 1.82) is 0 Å². The fourth-order valence-electron chi connectivity index (χ4n) is 3.78. The van der Waals surface area contributed by atoms with Crippen molar-refractivity contribution in [3.8, 4) is 0 Å². The average molecular weight is 361 g/mol. The number of benzene rings is 1. The highest BCUT2D eigenvalue weighted by Gasteiger charge is 2.34. The molecule has 0 spiro atoms. The summed E-state index contributed by atoms with van der Waals surface area (Å²) >= 11 is 1.76. The summed E-state index contributed by atoms with van der Waals surface area (Å²) in [6.07, 6.45) is 5.84. The summed E-state index contributed by atoms with van der Waals surface area (Å²) in [6.45, 7) is 3.37. The van der Waals surface area contributed by atoms with E-state index in [0.29, 0.717) is 32.0 Å². The van der Waals surface area contributed by atoms with Gasteiger partial charge in [0, 0.05) is 36.2 Å². The molecule has 4 nitrogen and oxygen atoms in total. The smallest absolute Gasteiger partial charge is 0.224 e. The first-order chi connectivity index (χ1) is 12.1. The quantitative estimate of drug-likeness (QED) is 0.625. The third-order valence-electron chi connectivity index (χ3n) is 5.27. The van der Waals surface area contributed by atoms with E-state index in [0.717, 1.165) is 18.6 Å². The Balaban J connectivity index is 1.41. The summed E-state index contributed by atoms with van der Waals surface area (Å²) in [4.78, 5) is 27.9. The van der Waals surface area contributed by atoms with Crippen molar-refractivity contribution in [1.82, 2.24) is 10.2 Å². The normalized spacial score (nSPS) is 21.6. The van der Waals surface area contributed by atoms with Crippen molar-refractivity contribution < 1.29 is 9.59 Å². The summed E-state index contributed by atoms with van der Waals surface area (Å²) in [6, 6.07) is 8.83. The number of nitrogens with one attached hydrogen (secondary N) is 1. The molecule has 1 aromatic carbocycles. The Kier molecular flexibility index (Phi) is 6.40. The Labute approximate surface area is 154 Å². The maximum atomic E-state index is 12.5. The molecule has 1 saturated heterocycles. The van der Waals surface area contributed by atoms with Crippen LogP contribution in [0.25, 0.3) is 0 Å². The Morgan fingerprint density at radius 3 is 2.64 bits per heavy atom. The maximum absolute atomic E-state index is 12.5. The van der Waals surface area contributed by atoms with Crippen LogP contribution in [-0.2, 0) is 9.59 Å². The lowest BCUT2D eigenvalue weighted by Crippen LogP contribution is -2.49. The van der Waals surface area contributed by atoms with Gasteiger partial charge in [-0.25, -0.2) is 0 Å². The van der Waals surface area contributed by atoms with Crippen LogP contribution >= 0.6 is 11.8 Å². The van der Waals surface area contributed by atoms with E-state index in [4.69, 9.17) is 0 Å². The van der Waals surface area contributed by atoms with Gasteiger partial charge in [0.2, 0.25) is 11.8 Å². The third kappa shape index (κ3) is 5.00. The van der Waals surface area contributed by atoms with Crippen molar-refractivity contribution in [2.75, 3.05) is 18.8 Å². The molecule has 0 aromatic heterocycles. The van der Waals surface area contributed by atoms with Gasteiger partial charge in [-0.2, -0.15) is 0 Å². The van der Waals surface area contributed by atoms with Crippen molar-refractivity contribution in [2.45, 2.75) is 56.4 Å². The summed E-state index contributed by atoms with van der Waals surface area (Å²) in [5.41, 5.74) is 1.26. The minimum atomic E-state index is -0.0392. The molecule has 25 heavy (non-hydrogen) atoms. The second-order valence-electron chi connectivity index (χ2n) is 7.17. The Bertz CT molecular complexity index is 596. The van der Waals surface area contributed by atoms with Crippen molar-refractivity contribution in [3.63, 3.8) is 0 Å². The number of carbonyl (C=O) groups is 2. The lowest BCUT2D eigenvalue weighted by Gasteiger charge is -2.36. The number of piperidine rings is 1. The van der Waals surface area contributed by atoms with E-state index in [1.807, 2.05) is 4.90 Å². The predicted octanol–water partition coefficient (Wildman–Crippen LogP) is 3.38. The molecule has 0 radical (unpaired) electrons. The molecular weight excluding hydrogens is 332 g/mol. The van der Waals surface area contributed by atoms with Crippen LogP contribution in [-0.4, -0.2) is 41.6 Å². The van der Waals surface area contributed by atoms with E-state index >= 15 is 0 Å². The van der Waals surface area contributed by atoms with E-state index in [1.165, 1.54) is 23.3 Å². The second-order valence-corrected chi connectivity index (χ2v) is 8.34. The second kappa shape index (κ2) is 8.75. The zero-order valence-electron chi connectivity index (χ0n) is 15.0. The highest BCUT2D eigenvalue weighted by molar-refractivity contribution is 7.99. The van der Waals surface area contributed by atoms with Gasteiger partial charge >= 0.3 is 0 Å². The number of aryl methyl sites for hydroxylation is 1. The molecule has 3 rings (SSSR count). The van der Waals surface area contributed by atoms with Gasteiger partial charge in [0.1, 0.15) is 0 Å². The van der Waals surface area contributed by atoms with Gasteiger partial charge in [-0.3, -0.25) is 9.59 Å². The molecule has 2 aliphatic rings. The predicted molar refractivity (Wildman–Crippen MR) is 102 cm³/mol. The number of rotatable bonds is 6. The van der Waals surface area contributed by atoms with Crippen LogP contribution in [0.15, 0.2) is 29.2 Å². The van der Waals surface area contributed by atoms with Gasteiger partial charge in [-0.1, -0.05) is 30.5 Å². The standard InChI is InChI=1S/C20H28N2O2S/c1-15-6-9-18(10-7-15)25-13-12-21-20(24)16-8-11-19(23)22(14-16)17-4-2-3-5-17/h6-7,9-10,16-17H,2-5,8,11-14H2,1H3,(H,21,24)/t16-/m0/s1. The van der Waals surface area contributed by atoms with Crippen LogP contribution in [0.2, 0.25) is 0 Å². The van der Waals surface area contributed by atoms with Crippen molar-refractivity contribution >= 4 is 23.6 Å². The third-order valence-corrected chi connectivity index (χ3v) is 6.29. The van der Waals surface area contributed by atoms with Gasteiger partial charge in [-0.15, -0.1) is 11.8 Å². The molecule has 2 amide bonds. The highest BCUT2D eigenvalue weighted by atomic mass is 32.2. The molecule has 0 bridgehead atoms. The largest absolute Gasteiger partial charge is 0.355 e. The van der Waals surface area contributed by atoms with Crippen LogP contribution in [0.1, 0.15) is 44.1 Å². The molecule has 1 atom stereocenters. The van der Waals surface area contributed by atoms with Gasteiger partial charge < -0.3 is 10.2 Å². The van der Waals surface area contributed by atoms with Gasteiger partial charge in [0.05, 0.1) is 5.92 Å². The number of amides is 2. The fraction of sp³-hybridized carbons (Fsp3) is 0.600. The lowest BCUT2D eigenvalue weighted by atomic mass is 9.95. The van der Waals surface area contributed by atoms with Crippen molar-refractivity contribution in [3.05, 3.63) is 29.8 Å². The molecule has 0 unspecified atom stereocenters. The van der Waals surface area contributed by atoms with E-state index < -0.39 is 0 Å². The SMILES string of the molecule is Cc1ccc(SCCNC(=O)[C@H]2CCC(=O)N(C3CCCC3)C2)cc1. The van der Waals surface area contributed by atoms with Crippen LogP contribution in [0.5, 0.6) is 0 Å². The first-order valence-corrected chi connectivity index (χ1v) is 10.4. The van der Waals surface area contributed by atoms with Gasteiger partial charge in [0.25, 0.3) is 0 Å². The number of hydrogen-bond acceptors (Lipinski definition) is 3. The Hall–Kier alpha value is -1.49. The Morgan fingerprint density at radius 1 is 1.20 bits per heavy atom. The van der Waals surface area contributed by atoms with E-state index in [1.54, 1.807) is 11.8 Å². The van der Waals surface area contributed by atoms with Crippen molar-refractivity contribution in [2.24, 2.45) is 5.92 Å². The highest BCUT2D eigenvalue weighted by Crippen LogP contribution is 2.28. The summed E-state index contributed by atoms with van der Waals surface area (Å²) in [5.74, 6) is 1.18. The molecule has 136 valence electrons. The monoisotopic (exact) mass is 360 g/mol. The van der Waals surface area contributed by atoms with Crippen LogP contribution < -0.4 is 5.32 Å². The zero-order valence-corrected chi connectivity index (χ0v) is 15.8. The molecule has 5 heteroatoms. The molecule has 2 fully saturated rings. The summed E-state index contributed by atoms with van der Waals surface area (Å²) in [7, 11) is 0. The lowest BCUT2D eigenvalue weighted by molar-refractivity contribution is -0.140. The van der Waals surface area contributed by atoms with E-state index in [9.17, 15) is 9.59 Å². The Morgan fingerprint density at radius 2 is 1.92 bits per heavy atom.